The molecule has 0 unspecified atom stereocenters. The number of carbonyl (C=O) groups is 2. The van der Waals surface area contributed by atoms with Crippen molar-refractivity contribution in [2.45, 2.75) is 18.8 Å². The van der Waals surface area contributed by atoms with Crippen LogP contribution in [-0.2, 0) is 9.59 Å². The molecule has 1 N–H and O–H groups in total. The zero-order chi connectivity index (χ0) is 14.5. The van der Waals surface area contributed by atoms with Crippen LogP contribution in [0.3, 0.4) is 0 Å². The van der Waals surface area contributed by atoms with E-state index >= 15 is 0 Å². The van der Waals surface area contributed by atoms with Crippen molar-refractivity contribution in [1.82, 2.24) is 9.80 Å². The predicted octanol–water partition coefficient (Wildman–Crippen LogP) is 1.47. The molecule has 0 bridgehead atoms. The third kappa shape index (κ3) is 4.05. The van der Waals surface area contributed by atoms with Crippen molar-refractivity contribution in [3.05, 3.63) is 22.4 Å². The van der Waals surface area contributed by atoms with Crippen LogP contribution in [0.5, 0.6) is 0 Å². The quantitative estimate of drug-likeness (QED) is 0.894. The lowest BCUT2D eigenvalue weighted by atomic mass is 9.98. The lowest BCUT2D eigenvalue weighted by Gasteiger charge is -2.33. The van der Waals surface area contributed by atoms with Crippen LogP contribution in [0.25, 0.3) is 0 Å². The summed E-state index contributed by atoms with van der Waals surface area (Å²) < 4.78 is 0. The number of piperazine rings is 1. The van der Waals surface area contributed by atoms with Gasteiger partial charge in [-0.15, -0.1) is 11.3 Å². The Balaban J connectivity index is 1.97. The lowest BCUT2D eigenvalue weighted by Crippen LogP contribution is -2.47. The zero-order valence-corrected chi connectivity index (χ0v) is 12.4. The maximum atomic E-state index is 12.3. The van der Waals surface area contributed by atoms with Gasteiger partial charge in [-0.3, -0.25) is 9.59 Å². The summed E-state index contributed by atoms with van der Waals surface area (Å²) in [5.41, 5.74) is 0. The van der Waals surface area contributed by atoms with Crippen molar-refractivity contribution in [1.29, 1.82) is 0 Å². The summed E-state index contributed by atoms with van der Waals surface area (Å²) in [7, 11) is 2.04. The minimum Gasteiger partial charge on any atom is -0.481 e. The Morgan fingerprint density at radius 2 is 2.00 bits per heavy atom. The van der Waals surface area contributed by atoms with Gasteiger partial charge in [-0.05, 0) is 18.5 Å². The van der Waals surface area contributed by atoms with Gasteiger partial charge in [-0.2, -0.15) is 0 Å². The van der Waals surface area contributed by atoms with E-state index in [9.17, 15) is 9.59 Å². The van der Waals surface area contributed by atoms with Gasteiger partial charge in [0, 0.05) is 43.4 Å². The molecule has 1 aliphatic heterocycles. The Hall–Kier alpha value is -1.40. The van der Waals surface area contributed by atoms with Crippen molar-refractivity contribution in [2.24, 2.45) is 0 Å². The molecule has 2 rings (SSSR count). The Morgan fingerprint density at radius 3 is 2.55 bits per heavy atom. The second-order valence-corrected chi connectivity index (χ2v) is 6.18. The van der Waals surface area contributed by atoms with Gasteiger partial charge in [0.2, 0.25) is 5.91 Å². The summed E-state index contributed by atoms with van der Waals surface area (Å²) >= 11 is 1.52. The van der Waals surface area contributed by atoms with Gasteiger partial charge < -0.3 is 14.9 Å². The molecule has 20 heavy (non-hydrogen) atoms. The smallest absolute Gasteiger partial charge is 0.304 e. The summed E-state index contributed by atoms with van der Waals surface area (Å²) in [5.74, 6) is -0.994. The number of carboxylic acids is 1. The first kappa shape index (κ1) is 15.0. The highest BCUT2D eigenvalue weighted by Crippen LogP contribution is 2.28. The van der Waals surface area contributed by atoms with Gasteiger partial charge >= 0.3 is 5.97 Å². The van der Waals surface area contributed by atoms with Crippen LogP contribution < -0.4 is 0 Å². The van der Waals surface area contributed by atoms with Crippen LogP contribution in [0, 0.1) is 0 Å². The fraction of sp³-hybridized carbons (Fsp3) is 0.571. The number of aliphatic carboxylic acids is 1. The molecular formula is C14H20N2O3S. The van der Waals surface area contributed by atoms with Crippen LogP contribution in [-0.4, -0.2) is 60.0 Å². The van der Waals surface area contributed by atoms with Crippen LogP contribution in [0.15, 0.2) is 17.5 Å². The van der Waals surface area contributed by atoms with Crippen LogP contribution in [0.4, 0.5) is 0 Å². The topological polar surface area (TPSA) is 60.9 Å². The standard InChI is InChI=1S/C14H20N2O3S/c1-15-4-6-16(7-5-15)13(17)9-11(10-14(18)19)12-3-2-8-20-12/h2-3,8,11H,4-7,9-10H2,1H3,(H,18,19)/t11-/m1/s1. The van der Waals surface area contributed by atoms with Crippen LogP contribution in [0.2, 0.25) is 0 Å². The number of likely N-dealkylation sites (N-methyl/N-ethyl adjacent to an activating group) is 1. The highest BCUT2D eigenvalue weighted by atomic mass is 32.1. The number of nitrogens with zero attached hydrogens (tertiary/aromatic N) is 2. The molecule has 1 aromatic heterocycles. The molecule has 1 fully saturated rings. The Kier molecular flexibility index (Phi) is 5.14. The summed E-state index contributed by atoms with van der Waals surface area (Å²) in [6.07, 6.45) is 0.302. The number of rotatable bonds is 5. The summed E-state index contributed by atoms with van der Waals surface area (Å²) in [5, 5.41) is 10.9. The maximum Gasteiger partial charge on any atom is 0.304 e. The second-order valence-electron chi connectivity index (χ2n) is 5.20. The molecule has 1 aliphatic rings. The van der Waals surface area contributed by atoms with E-state index in [4.69, 9.17) is 5.11 Å². The van der Waals surface area contributed by atoms with E-state index in [1.165, 1.54) is 11.3 Å². The molecular weight excluding hydrogens is 276 g/mol. The summed E-state index contributed by atoms with van der Waals surface area (Å²) in [4.78, 5) is 28.3. The van der Waals surface area contributed by atoms with Crippen molar-refractivity contribution < 1.29 is 14.7 Å². The first-order valence-corrected chi connectivity index (χ1v) is 7.65. The van der Waals surface area contributed by atoms with Gasteiger partial charge in [0.05, 0.1) is 6.42 Å². The Morgan fingerprint density at radius 1 is 1.30 bits per heavy atom. The van der Waals surface area contributed by atoms with E-state index in [1.807, 2.05) is 29.5 Å². The number of hydrogen-bond donors (Lipinski definition) is 1. The number of hydrogen-bond acceptors (Lipinski definition) is 4. The molecule has 110 valence electrons. The monoisotopic (exact) mass is 296 g/mol. The average molecular weight is 296 g/mol. The second kappa shape index (κ2) is 6.85. The lowest BCUT2D eigenvalue weighted by molar-refractivity contribution is -0.138. The van der Waals surface area contributed by atoms with E-state index in [1.54, 1.807) is 0 Å². The molecule has 1 atom stereocenters. The predicted molar refractivity (Wildman–Crippen MR) is 78.0 cm³/mol. The minimum absolute atomic E-state index is 0.0139. The number of carboxylic acid groups (broad SMARTS) is 1. The van der Waals surface area contributed by atoms with Crippen molar-refractivity contribution in [3.63, 3.8) is 0 Å². The van der Waals surface area contributed by atoms with E-state index in [-0.39, 0.29) is 24.7 Å². The highest BCUT2D eigenvalue weighted by molar-refractivity contribution is 7.10. The summed E-state index contributed by atoms with van der Waals surface area (Å²) in [6, 6.07) is 3.81. The molecule has 0 saturated carbocycles. The molecule has 0 aromatic carbocycles. The molecule has 1 aromatic rings. The van der Waals surface area contributed by atoms with Gasteiger partial charge in [0.1, 0.15) is 0 Å². The fourth-order valence-corrected chi connectivity index (χ4v) is 3.23. The number of amides is 1. The normalized spacial score (nSPS) is 17.9. The number of carbonyl (C=O) groups excluding carboxylic acids is 1. The fourth-order valence-electron chi connectivity index (χ4n) is 2.40. The molecule has 2 heterocycles. The first-order chi connectivity index (χ1) is 9.56. The third-order valence-electron chi connectivity index (χ3n) is 3.64. The van der Waals surface area contributed by atoms with Crippen molar-refractivity contribution in [3.8, 4) is 0 Å². The highest BCUT2D eigenvalue weighted by Gasteiger charge is 2.25. The average Bonchev–Trinajstić information content (AvgIpc) is 2.92. The van der Waals surface area contributed by atoms with Gasteiger partial charge in [-0.1, -0.05) is 6.07 Å². The van der Waals surface area contributed by atoms with Gasteiger partial charge in [0.25, 0.3) is 0 Å². The van der Waals surface area contributed by atoms with Crippen LogP contribution >= 0.6 is 11.3 Å². The van der Waals surface area contributed by atoms with Crippen molar-refractivity contribution >= 4 is 23.2 Å². The molecule has 1 amide bonds. The largest absolute Gasteiger partial charge is 0.481 e. The van der Waals surface area contributed by atoms with Gasteiger partial charge in [-0.25, -0.2) is 0 Å². The molecule has 0 aliphatic carbocycles. The van der Waals surface area contributed by atoms with E-state index in [2.05, 4.69) is 4.90 Å². The first-order valence-electron chi connectivity index (χ1n) is 6.78. The Bertz CT molecular complexity index is 453. The number of thiophene rings is 1. The van der Waals surface area contributed by atoms with Gasteiger partial charge in [0.15, 0.2) is 0 Å². The third-order valence-corrected chi connectivity index (χ3v) is 4.68. The molecule has 0 spiro atoms. The van der Waals surface area contributed by atoms with E-state index < -0.39 is 5.97 Å². The Labute approximate surface area is 122 Å². The molecule has 6 heteroatoms. The SMILES string of the molecule is CN1CCN(C(=O)C[C@H](CC(=O)O)c2cccs2)CC1. The molecule has 1 saturated heterocycles. The van der Waals surface area contributed by atoms with E-state index in [0.717, 1.165) is 31.1 Å². The minimum atomic E-state index is -0.852. The van der Waals surface area contributed by atoms with Crippen molar-refractivity contribution in [2.75, 3.05) is 33.2 Å². The molecule has 5 nitrogen and oxygen atoms in total. The van der Waals surface area contributed by atoms with Crippen LogP contribution in [0.1, 0.15) is 23.6 Å². The maximum absolute atomic E-state index is 12.3. The van der Waals surface area contributed by atoms with E-state index in [0.29, 0.717) is 0 Å². The zero-order valence-electron chi connectivity index (χ0n) is 11.6. The summed E-state index contributed by atoms with van der Waals surface area (Å²) in [6.45, 7) is 3.24. The molecule has 0 radical (unpaired) electrons.